The SMILES string of the molecule is CCOC(=O)c1cc(N(CC=Cc2cccc(C(=N)N)c2)CC=Cc2cccc(C(=N)N)c2)ccc1OC1CCN(C(C)=N)CC1. The van der Waals surface area contributed by atoms with Gasteiger partial charge in [0.15, 0.2) is 0 Å². The molecule has 0 saturated carbocycles. The number of ether oxygens (including phenoxy) is 2. The van der Waals surface area contributed by atoms with E-state index in [9.17, 15) is 4.79 Å². The number of nitrogens with zero attached hydrogens (tertiary/aromatic N) is 2. The minimum absolute atomic E-state index is 0.0139. The number of piperidine rings is 1. The lowest BCUT2D eigenvalue weighted by molar-refractivity contribution is 0.0515. The zero-order valence-electron chi connectivity index (χ0n) is 26.5. The normalized spacial score (nSPS) is 13.6. The maximum atomic E-state index is 13.2. The van der Waals surface area contributed by atoms with E-state index in [0.29, 0.717) is 41.4 Å². The Hall–Kier alpha value is -5.38. The van der Waals surface area contributed by atoms with Crippen LogP contribution in [0.25, 0.3) is 12.2 Å². The second kappa shape index (κ2) is 16.1. The summed E-state index contributed by atoms with van der Waals surface area (Å²) in [6.45, 7) is 6.34. The summed E-state index contributed by atoms with van der Waals surface area (Å²) >= 11 is 0. The fourth-order valence-electron chi connectivity index (χ4n) is 5.21. The van der Waals surface area contributed by atoms with Gasteiger partial charge in [0.1, 0.15) is 29.1 Å². The first-order chi connectivity index (χ1) is 22.1. The van der Waals surface area contributed by atoms with Crippen molar-refractivity contribution in [2.45, 2.75) is 32.8 Å². The first-order valence-electron chi connectivity index (χ1n) is 15.4. The van der Waals surface area contributed by atoms with Crippen molar-refractivity contribution in [3.8, 4) is 5.75 Å². The van der Waals surface area contributed by atoms with Gasteiger partial charge in [0.05, 0.1) is 12.4 Å². The number of nitrogens with two attached hydrogens (primary N) is 2. The van der Waals surface area contributed by atoms with Gasteiger partial charge in [0.25, 0.3) is 0 Å². The number of hydrogen-bond donors (Lipinski definition) is 5. The highest BCUT2D eigenvalue weighted by molar-refractivity contribution is 5.96. The Kier molecular flexibility index (Phi) is 11.7. The molecule has 10 nitrogen and oxygen atoms in total. The van der Waals surface area contributed by atoms with Crippen molar-refractivity contribution in [2.24, 2.45) is 11.5 Å². The third-order valence-corrected chi connectivity index (χ3v) is 7.70. The lowest BCUT2D eigenvalue weighted by atomic mass is 10.1. The van der Waals surface area contributed by atoms with Gasteiger partial charge >= 0.3 is 5.97 Å². The molecular formula is C36H43N7O3. The molecule has 1 saturated heterocycles. The van der Waals surface area contributed by atoms with Crippen LogP contribution in [0.3, 0.4) is 0 Å². The number of esters is 1. The molecule has 1 aliphatic heterocycles. The van der Waals surface area contributed by atoms with Crippen LogP contribution in [0, 0.1) is 16.2 Å². The van der Waals surface area contributed by atoms with Crippen LogP contribution in [0.4, 0.5) is 5.69 Å². The Morgan fingerprint density at radius 1 is 0.891 bits per heavy atom. The molecule has 1 heterocycles. The van der Waals surface area contributed by atoms with Gasteiger partial charge in [0.2, 0.25) is 0 Å². The van der Waals surface area contributed by atoms with E-state index in [-0.39, 0.29) is 24.4 Å². The molecule has 0 radical (unpaired) electrons. The molecular weight excluding hydrogens is 578 g/mol. The number of rotatable bonds is 13. The Labute approximate surface area is 270 Å². The van der Waals surface area contributed by atoms with Crippen LogP contribution in [0.15, 0.2) is 78.9 Å². The van der Waals surface area contributed by atoms with Gasteiger partial charge in [-0.1, -0.05) is 60.7 Å². The number of carbonyl (C=O) groups is 1. The molecule has 4 rings (SSSR count). The topological polar surface area (TPSA) is 166 Å². The van der Waals surface area contributed by atoms with Crippen molar-refractivity contribution in [3.05, 3.63) is 107 Å². The van der Waals surface area contributed by atoms with Gasteiger partial charge in [-0.2, -0.15) is 0 Å². The molecule has 0 bridgehead atoms. The van der Waals surface area contributed by atoms with E-state index >= 15 is 0 Å². The van der Waals surface area contributed by atoms with Crippen LogP contribution in [-0.2, 0) is 4.74 Å². The smallest absolute Gasteiger partial charge is 0.341 e. The monoisotopic (exact) mass is 621 g/mol. The van der Waals surface area contributed by atoms with Crippen molar-refractivity contribution >= 4 is 41.3 Å². The highest BCUT2D eigenvalue weighted by Gasteiger charge is 2.24. The Bertz CT molecular complexity index is 1550. The predicted molar refractivity (Wildman–Crippen MR) is 186 cm³/mol. The van der Waals surface area contributed by atoms with Gasteiger partial charge in [-0.25, -0.2) is 4.79 Å². The van der Waals surface area contributed by atoms with E-state index in [2.05, 4.69) is 4.90 Å². The maximum absolute atomic E-state index is 13.2. The van der Waals surface area contributed by atoms with Crippen molar-refractivity contribution < 1.29 is 14.3 Å². The minimum atomic E-state index is -0.444. The Morgan fingerprint density at radius 3 is 1.96 bits per heavy atom. The largest absolute Gasteiger partial charge is 0.489 e. The number of nitrogens with one attached hydrogen (secondary N) is 3. The van der Waals surface area contributed by atoms with Crippen LogP contribution in [0.2, 0.25) is 0 Å². The van der Waals surface area contributed by atoms with Crippen molar-refractivity contribution in [1.82, 2.24) is 4.90 Å². The van der Waals surface area contributed by atoms with Crippen LogP contribution < -0.4 is 21.1 Å². The molecule has 240 valence electrons. The molecule has 0 aliphatic carbocycles. The zero-order chi connectivity index (χ0) is 33.1. The third kappa shape index (κ3) is 9.31. The Morgan fingerprint density at radius 2 is 1.46 bits per heavy atom. The number of nitrogen functional groups attached to an aromatic ring is 2. The number of likely N-dealkylation sites (tertiary alicyclic amines) is 1. The Balaban J connectivity index is 1.61. The standard InChI is InChI=1S/C36H43N7O3/c1-3-45-36(44)32-24-30(14-15-33(32)46-31-16-20-42(21-17-31)25(2)37)43(18-6-10-26-8-4-12-28(22-26)34(38)39)19-7-11-27-9-5-13-29(23-27)35(40)41/h4-15,22-24,31,37H,3,16-21H2,1-2H3,(H3,38,39)(H3,40,41). The molecule has 3 aromatic carbocycles. The first kappa shape index (κ1) is 33.5. The average Bonchev–Trinajstić information content (AvgIpc) is 3.05. The average molecular weight is 622 g/mol. The van der Waals surface area contributed by atoms with E-state index in [1.807, 2.05) is 83.8 Å². The lowest BCUT2D eigenvalue weighted by Gasteiger charge is -2.33. The molecule has 3 aromatic rings. The van der Waals surface area contributed by atoms with E-state index in [0.717, 1.165) is 42.7 Å². The molecule has 46 heavy (non-hydrogen) atoms. The summed E-state index contributed by atoms with van der Waals surface area (Å²) in [5.41, 5.74) is 15.7. The summed E-state index contributed by atoms with van der Waals surface area (Å²) in [5.74, 6) is 0.622. The summed E-state index contributed by atoms with van der Waals surface area (Å²) < 4.78 is 11.8. The summed E-state index contributed by atoms with van der Waals surface area (Å²) in [7, 11) is 0. The third-order valence-electron chi connectivity index (χ3n) is 7.70. The number of amidine groups is 3. The summed E-state index contributed by atoms with van der Waals surface area (Å²) in [6.07, 6.45) is 9.47. The highest BCUT2D eigenvalue weighted by Crippen LogP contribution is 2.29. The second-order valence-electron chi connectivity index (χ2n) is 11.1. The quantitative estimate of drug-likeness (QED) is 0.0954. The van der Waals surface area contributed by atoms with Crippen LogP contribution in [-0.4, -0.2) is 67.3 Å². The fraction of sp³-hybridized carbons (Fsp3) is 0.278. The van der Waals surface area contributed by atoms with Crippen LogP contribution in [0.1, 0.15) is 59.3 Å². The van der Waals surface area contributed by atoms with Crippen molar-refractivity contribution in [3.63, 3.8) is 0 Å². The zero-order valence-corrected chi connectivity index (χ0v) is 26.5. The maximum Gasteiger partial charge on any atom is 0.341 e. The molecule has 0 unspecified atom stereocenters. The summed E-state index contributed by atoms with van der Waals surface area (Å²) in [4.78, 5) is 17.3. The molecule has 7 N–H and O–H groups in total. The number of anilines is 1. The van der Waals surface area contributed by atoms with Gasteiger partial charge in [-0.05, 0) is 55.3 Å². The molecule has 0 spiro atoms. The number of carbonyl (C=O) groups excluding carboxylic acids is 1. The van der Waals surface area contributed by atoms with Crippen molar-refractivity contribution in [1.29, 1.82) is 16.2 Å². The molecule has 0 atom stereocenters. The lowest BCUT2D eigenvalue weighted by Crippen LogP contribution is -2.40. The van der Waals surface area contributed by atoms with E-state index in [1.54, 1.807) is 26.0 Å². The minimum Gasteiger partial charge on any atom is -0.489 e. The van der Waals surface area contributed by atoms with Crippen LogP contribution in [0.5, 0.6) is 5.75 Å². The molecule has 0 amide bonds. The number of hydrogen-bond acceptors (Lipinski definition) is 7. The van der Waals surface area contributed by atoms with E-state index in [4.69, 9.17) is 37.2 Å². The van der Waals surface area contributed by atoms with E-state index < -0.39 is 5.97 Å². The molecule has 10 heteroatoms. The second-order valence-corrected chi connectivity index (χ2v) is 11.1. The summed E-state index contributed by atoms with van der Waals surface area (Å²) in [6, 6.07) is 20.6. The predicted octanol–water partition coefficient (Wildman–Crippen LogP) is 5.51. The molecule has 0 aromatic heterocycles. The fourth-order valence-corrected chi connectivity index (χ4v) is 5.21. The molecule has 1 fully saturated rings. The van der Waals surface area contributed by atoms with Gasteiger partial charge in [0, 0.05) is 55.8 Å². The highest BCUT2D eigenvalue weighted by atomic mass is 16.5. The van der Waals surface area contributed by atoms with Crippen LogP contribution >= 0.6 is 0 Å². The van der Waals surface area contributed by atoms with Crippen molar-refractivity contribution in [2.75, 3.05) is 37.7 Å². The summed E-state index contributed by atoms with van der Waals surface area (Å²) in [5, 5.41) is 23.4. The first-order valence-corrected chi connectivity index (χ1v) is 15.4. The van der Waals surface area contributed by atoms with Gasteiger partial charge in [-0.15, -0.1) is 0 Å². The van der Waals surface area contributed by atoms with E-state index in [1.165, 1.54) is 0 Å². The van der Waals surface area contributed by atoms with Gasteiger partial charge in [-0.3, -0.25) is 16.2 Å². The molecule has 1 aliphatic rings. The van der Waals surface area contributed by atoms with Gasteiger partial charge < -0.3 is 30.7 Å². The number of benzene rings is 3.